The Labute approximate surface area is 128 Å². The number of aromatic carboxylic acids is 1. The van der Waals surface area contributed by atoms with Crippen molar-refractivity contribution in [3.8, 4) is 0 Å². The highest BCUT2D eigenvalue weighted by Gasteiger charge is 2.22. The van der Waals surface area contributed by atoms with E-state index in [0.29, 0.717) is 6.42 Å². The van der Waals surface area contributed by atoms with Crippen molar-refractivity contribution < 1.29 is 22.7 Å². The van der Waals surface area contributed by atoms with Crippen LogP contribution >= 0.6 is 11.8 Å². The first-order valence-corrected chi connectivity index (χ1v) is 9.11. The zero-order valence-electron chi connectivity index (χ0n) is 12.0. The number of benzene rings is 1. The second kappa shape index (κ2) is 7.24. The monoisotopic (exact) mass is 335 g/mol. The Hall–Kier alpha value is -1.12. The number of nitrogens with one attached hydrogen (secondary N) is 1. The number of halogens is 1. The fourth-order valence-electron chi connectivity index (χ4n) is 1.73. The van der Waals surface area contributed by atoms with Gasteiger partial charge in [0.15, 0.2) is 0 Å². The molecule has 0 aliphatic carbocycles. The van der Waals surface area contributed by atoms with Gasteiger partial charge in [0.1, 0.15) is 5.82 Å². The normalized spacial score (nSPS) is 13.1. The topological polar surface area (TPSA) is 83.5 Å². The lowest BCUT2D eigenvalue weighted by Gasteiger charge is -2.14. The summed E-state index contributed by atoms with van der Waals surface area (Å²) < 4.78 is 40.5. The molecular weight excluding hydrogens is 317 g/mol. The van der Waals surface area contributed by atoms with E-state index in [1.807, 2.05) is 6.26 Å². The maximum Gasteiger partial charge on any atom is 0.338 e. The van der Waals surface area contributed by atoms with Crippen molar-refractivity contribution in [3.63, 3.8) is 0 Å². The van der Waals surface area contributed by atoms with E-state index in [4.69, 9.17) is 5.11 Å². The molecule has 21 heavy (non-hydrogen) atoms. The van der Waals surface area contributed by atoms with Crippen molar-refractivity contribution in [2.75, 3.05) is 12.0 Å². The predicted octanol–water partition coefficient (Wildman–Crippen LogP) is 2.25. The molecule has 5 nitrogen and oxygen atoms in total. The maximum absolute atomic E-state index is 13.7. The van der Waals surface area contributed by atoms with E-state index in [0.717, 1.165) is 17.9 Å². The van der Waals surface area contributed by atoms with E-state index in [-0.39, 0.29) is 16.5 Å². The number of aryl methyl sites for hydroxylation is 1. The lowest BCUT2D eigenvalue weighted by atomic mass is 10.1. The molecule has 0 spiro atoms. The molecule has 118 valence electrons. The molecule has 0 fully saturated rings. The molecule has 0 bridgehead atoms. The summed E-state index contributed by atoms with van der Waals surface area (Å²) in [7, 11) is -3.87. The standard InChI is InChI=1S/C13H18FNO4S2/c1-8-6-10(7-11(12(8)14)13(16)17)21(18,19)15-9(2)4-5-20-3/h6-7,9,15H,4-5H2,1-3H3,(H,16,17). The lowest BCUT2D eigenvalue weighted by Crippen LogP contribution is -2.33. The van der Waals surface area contributed by atoms with Crippen LogP contribution in [-0.2, 0) is 10.0 Å². The highest BCUT2D eigenvalue weighted by atomic mass is 32.2. The highest BCUT2D eigenvalue weighted by Crippen LogP contribution is 2.20. The Morgan fingerprint density at radius 1 is 1.48 bits per heavy atom. The minimum absolute atomic E-state index is 0.0213. The third-order valence-corrected chi connectivity index (χ3v) is 5.09. The number of sulfonamides is 1. The molecule has 0 aliphatic heterocycles. The third-order valence-electron chi connectivity index (χ3n) is 2.88. The second-order valence-electron chi connectivity index (χ2n) is 4.71. The molecule has 0 saturated carbocycles. The zero-order valence-corrected chi connectivity index (χ0v) is 13.6. The molecule has 1 aromatic rings. The minimum atomic E-state index is -3.87. The van der Waals surface area contributed by atoms with Gasteiger partial charge in [0.2, 0.25) is 10.0 Å². The van der Waals surface area contributed by atoms with Crippen LogP contribution in [0.4, 0.5) is 4.39 Å². The predicted molar refractivity (Wildman–Crippen MR) is 80.9 cm³/mol. The number of carbonyl (C=O) groups is 1. The number of carboxylic acid groups (broad SMARTS) is 1. The zero-order chi connectivity index (χ0) is 16.2. The Morgan fingerprint density at radius 2 is 2.10 bits per heavy atom. The Kier molecular flexibility index (Phi) is 6.18. The van der Waals surface area contributed by atoms with E-state index < -0.39 is 27.4 Å². The summed E-state index contributed by atoms with van der Waals surface area (Å²) in [5.41, 5.74) is -0.667. The van der Waals surface area contributed by atoms with E-state index in [9.17, 15) is 17.6 Å². The summed E-state index contributed by atoms with van der Waals surface area (Å²) in [6.07, 6.45) is 2.57. The molecule has 0 aliphatic rings. The Balaban J connectivity index is 3.12. The van der Waals surface area contributed by atoms with Gasteiger partial charge in [-0.2, -0.15) is 11.8 Å². The molecular formula is C13H18FNO4S2. The van der Waals surface area contributed by atoms with Crippen LogP contribution in [0.5, 0.6) is 0 Å². The van der Waals surface area contributed by atoms with Gasteiger partial charge in [0.25, 0.3) is 0 Å². The van der Waals surface area contributed by atoms with E-state index in [1.54, 1.807) is 18.7 Å². The molecule has 1 atom stereocenters. The highest BCUT2D eigenvalue weighted by molar-refractivity contribution is 7.98. The first kappa shape index (κ1) is 17.9. The first-order chi connectivity index (χ1) is 9.69. The van der Waals surface area contributed by atoms with Gasteiger partial charge in [0, 0.05) is 6.04 Å². The molecule has 0 radical (unpaired) electrons. The summed E-state index contributed by atoms with van der Waals surface area (Å²) >= 11 is 1.60. The summed E-state index contributed by atoms with van der Waals surface area (Å²) in [5, 5.41) is 8.92. The van der Waals surface area contributed by atoms with Gasteiger partial charge in [-0.05, 0) is 50.0 Å². The molecule has 2 N–H and O–H groups in total. The van der Waals surface area contributed by atoms with Crippen LogP contribution in [0, 0.1) is 12.7 Å². The molecule has 0 amide bonds. The molecule has 1 rings (SSSR count). The quantitative estimate of drug-likeness (QED) is 0.798. The largest absolute Gasteiger partial charge is 0.478 e. The van der Waals surface area contributed by atoms with Crippen LogP contribution in [0.1, 0.15) is 29.3 Å². The second-order valence-corrected chi connectivity index (χ2v) is 7.41. The average molecular weight is 335 g/mol. The fraction of sp³-hybridized carbons (Fsp3) is 0.462. The number of thioether (sulfide) groups is 1. The Morgan fingerprint density at radius 3 is 2.62 bits per heavy atom. The van der Waals surface area contributed by atoms with Crippen molar-refractivity contribution >= 4 is 27.8 Å². The van der Waals surface area contributed by atoms with E-state index >= 15 is 0 Å². The third kappa shape index (κ3) is 4.69. The van der Waals surface area contributed by atoms with Crippen molar-refractivity contribution in [2.24, 2.45) is 0 Å². The fourth-order valence-corrected chi connectivity index (χ4v) is 3.71. The average Bonchev–Trinajstić information content (AvgIpc) is 2.38. The number of rotatable bonds is 7. The van der Waals surface area contributed by atoms with Crippen LogP contribution in [0.2, 0.25) is 0 Å². The van der Waals surface area contributed by atoms with Crippen LogP contribution < -0.4 is 4.72 Å². The molecule has 0 heterocycles. The van der Waals surface area contributed by atoms with Crippen LogP contribution in [0.15, 0.2) is 17.0 Å². The molecule has 0 aromatic heterocycles. The molecule has 0 saturated heterocycles. The molecule has 8 heteroatoms. The summed E-state index contributed by atoms with van der Waals surface area (Å²) in [6, 6.07) is 1.68. The molecule has 1 aromatic carbocycles. The SMILES string of the molecule is CSCCC(C)NS(=O)(=O)c1cc(C)c(F)c(C(=O)O)c1. The lowest BCUT2D eigenvalue weighted by molar-refractivity contribution is 0.0691. The minimum Gasteiger partial charge on any atom is -0.478 e. The number of hydrogen-bond donors (Lipinski definition) is 2. The molecule has 1 unspecified atom stereocenters. The van der Waals surface area contributed by atoms with E-state index in [1.165, 1.54) is 6.92 Å². The summed E-state index contributed by atoms with van der Waals surface area (Å²) in [5.74, 6) is -1.62. The van der Waals surface area contributed by atoms with Gasteiger partial charge in [-0.1, -0.05) is 0 Å². The van der Waals surface area contributed by atoms with Gasteiger partial charge in [-0.3, -0.25) is 0 Å². The number of carboxylic acids is 1. The van der Waals surface area contributed by atoms with Gasteiger partial charge in [-0.25, -0.2) is 22.3 Å². The van der Waals surface area contributed by atoms with Crippen LogP contribution in [0.25, 0.3) is 0 Å². The summed E-state index contributed by atoms with van der Waals surface area (Å²) in [4.78, 5) is 10.7. The smallest absolute Gasteiger partial charge is 0.338 e. The van der Waals surface area contributed by atoms with Gasteiger partial charge < -0.3 is 5.11 Å². The van der Waals surface area contributed by atoms with Gasteiger partial charge in [-0.15, -0.1) is 0 Å². The van der Waals surface area contributed by atoms with E-state index in [2.05, 4.69) is 4.72 Å². The van der Waals surface area contributed by atoms with Crippen molar-refractivity contribution in [3.05, 3.63) is 29.1 Å². The first-order valence-electron chi connectivity index (χ1n) is 6.23. The van der Waals surface area contributed by atoms with Crippen LogP contribution in [0.3, 0.4) is 0 Å². The van der Waals surface area contributed by atoms with Crippen LogP contribution in [-0.4, -0.2) is 37.5 Å². The summed E-state index contributed by atoms with van der Waals surface area (Å²) in [6.45, 7) is 3.06. The van der Waals surface area contributed by atoms with Gasteiger partial charge in [0.05, 0.1) is 10.5 Å². The van der Waals surface area contributed by atoms with Crippen molar-refractivity contribution in [2.45, 2.75) is 31.2 Å². The maximum atomic E-state index is 13.7. The number of hydrogen-bond acceptors (Lipinski definition) is 4. The Bertz CT molecular complexity index is 631. The van der Waals surface area contributed by atoms with Crippen molar-refractivity contribution in [1.82, 2.24) is 4.72 Å². The van der Waals surface area contributed by atoms with Gasteiger partial charge >= 0.3 is 5.97 Å². The van der Waals surface area contributed by atoms with Crippen molar-refractivity contribution in [1.29, 1.82) is 0 Å².